The molecule has 1 aromatic carbocycles. The van der Waals surface area contributed by atoms with Gasteiger partial charge in [-0.1, -0.05) is 20.8 Å². The van der Waals surface area contributed by atoms with Crippen LogP contribution >= 0.6 is 0 Å². The van der Waals surface area contributed by atoms with Crippen LogP contribution in [0.4, 0.5) is 5.69 Å². The van der Waals surface area contributed by atoms with E-state index in [1.807, 2.05) is 0 Å². The quantitative estimate of drug-likeness (QED) is 0.772. The van der Waals surface area contributed by atoms with Gasteiger partial charge in [0, 0.05) is 19.0 Å². The van der Waals surface area contributed by atoms with Gasteiger partial charge in [0.2, 0.25) is 5.91 Å². The highest BCUT2D eigenvalue weighted by molar-refractivity contribution is 6.74. The number of ether oxygens (including phenoxy) is 1. The van der Waals surface area contributed by atoms with Gasteiger partial charge in [-0.2, -0.15) is 0 Å². The lowest BCUT2D eigenvalue weighted by atomic mass is 10.1. The van der Waals surface area contributed by atoms with Gasteiger partial charge < -0.3 is 24.5 Å². The fraction of sp³-hybridized carbons (Fsp3) is 0.579. The molecule has 0 saturated carbocycles. The molecule has 2 heterocycles. The van der Waals surface area contributed by atoms with Crippen LogP contribution in [0.3, 0.4) is 0 Å². The number of carbonyl (C=O) groups is 2. The first-order valence-corrected chi connectivity index (χ1v) is 12.1. The lowest BCUT2D eigenvalue weighted by Gasteiger charge is -2.38. The second-order valence-corrected chi connectivity index (χ2v) is 13.5. The second kappa shape index (κ2) is 6.52. The average Bonchev–Trinajstić information content (AvgIpc) is 2.93. The Morgan fingerprint density at radius 3 is 2.52 bits per heavy atom. The molecule has 0 aliphatic carbocycles. The number of nitrogens with one attached hydrogen (secondary N) is 1. The van der Waals surface area contributed by atoms with Crippen molar-refractivity contribution in [2.24, 2.45) is 0 Å². The fourth-order valence-corrected chi connectivity index (χ4v) is 4.69. The molecule has 2 amide bonds. The van der Waals surface area contributed by atoms with E-state index >= 15 is 0 Å². The number of aromatic hydroxyl groups is 1. The number of phenolic OH excluding ortho intramolecular Hbond substituents is 1. The first-order valence-electron chi connectivity index (χ1n) is 9.15. The SMILES string of the molecule is COc1cc2c(cc1O)NC(=O)C1CC(O[Si](C)(C)C(C)(C)C)CN1C2=O. The molecule has 1 saturated heterocycles. The summed E-state index contributed by atoms with van der Waals surface area (Å²) in [5.74, 6) is -0.436. The number of fused-ring (bicyclic) bond motifs is 2. The van der Waals surface area contributed by atoms with Crippen molar-refractivity contribution in [1.29, 1.82) is 0 Å². The zero-order chi connectivity index (χ0) is 20.1. The molecule has 2 N–H and O–H groups in total. The minimum absolute atomic E-state index is 0.0523. The van der Waals surface area contributed by atoms with Gasteiger partial charge in [0.1, 0.15) is 6.04 Å². The Balaban J connectivity index is 1.89. The van der Waals surface area contributed by atoms with Crippen LogP contribution in [-0.4, -0.2) is 55.9 Å². The lowest BCUT2D eigenvalue weighted by molar-refractivity contribution is -0.119. The van der Waals surface area contributed by atoms with Crippen molar-refractivity contribution < 1.29 is 23.9 Å². The second-order valence-electron chi connectivity index (χ2n) is 8.77. The molecule has 1 aromatic rings. The van der Waals surface area contributed by atoms with Gasteiger partial charge >= 0.3 is 0 Å². The molecule has 2 unspecified atom stereocenters. The minimum atomic E-state index is -2.01. The molecular formula is C19H28N2O5Si. The molecule has 7 nitrogen and oxygen atoms in total. The number of anilines is 1. The average molecular weight is 393 g/mol. The summed E-state index contributed by atoms with van der Waals surface area (Å²) in [6.45, 7) is 11.2. The van der Waals surface area contributed by atoms with Crippen LogP contribution < -0.4 is 10.1 Å². The topological polar surface area (TPSA) is 88.1 Å². The van der Waals surface area contributed by atoms with Crippen molar-refractivity contribution in [3.05, 3.63) is 17.7 Å². The predicted molar refractivity (Wildman–Crippen MR) is 105 cm³/mol. The highest BCUT2D eigenvalue weighted by Gasteiger charge is 2.47. The molecule has 148 valence electrons. The van der Waals surface area contributed by atoms with Crippen LogP contribution in [0, 0.1) is 0 Å². The molecule has 1 fully saturated rings. The third-order valence-corrected chi connectivity index (χ3v) is 10.4. The Bertz CT molecular complexity index is 787. The Morgan fingerprint density at radius 1 is 1.26 bits per heavy atom. The van der Waals surface area contributed by atoms with E-state index in [0.717, 1.165) is 0 Å². The van der Waals surface area contributed by atoms with Crippen LogP contribution in [0.2, 0.25) is 18.1 Å². The fourth-order valence-electron chi connectivity index (χ4n) is 3.33. The van der Waals surface area contributed by atoms with Crippen molar-refractivity contribution in [3.63, 3.8) is 0 Å². The lowest BCUT2D eigenvalue weighted by Crippen LogP contribution is -2.44. The summed E-state index contributed by atoms with van der Waals surface area (Å²) in [6.07, 6.45) is 0.312. The van der Waals surface area contributed by atoms with Crippen LogP contribution in [0.15, 0.2) is 12.1 Å². The Morgan fingerprint density at radius 2 is 1.93 bits per heavy atom. The number of rotatable bonds is 3. The molecular weight excluding hydrogens is 364 g/mol. The first-order chi connectivity index (χ1) is 12.4. The smallest absolute Gasteiger partial charge is 0.256 e. The molecule has 27 heavy (non-hydrogen) atoms. The maximum atomic E-state index is 13.1. The van der Waals surface area contributed by atoms with Crippen LogP contribution in [0.5, 0.6) is 11.5 Å². The molecule has 0 bridgehead atoms. The number of hydrogen-bond donors (Lipinski definition) is 2. The van der Waals surface area contributed by atoms with Crippen molar-refractivity contribution in [1.82, 2.24) is 4.90 Å². The van der Waals surface area contributed by atoms with E-state index in [1.54, 1.807) is 4.90 Å². The minimum Gasteiger partial charge on any atom is -0.504 e. The molecule has 0 aromatic heterocycles. The van der Waals surface area contributed by atoms with E-state index in [9.17, 15) is 14.7 Å². The molecule has 2 aliphatic heterocycles. The number of phenols is 1. The number of carbonyl (C=O) groups excluding carboxylic acids is 2. The Kier molecular flexibility index (Phi) is 4.76. The van der Waals surface area contributed by atoms with Crippen molar-refractivity contribution in [3.8, 4) is 11.5 Å². The number of nitrogens with zero attached hydrogens (tertiary/aromatic N) is 1. The maximum Gasteiger partial charge on any atom is 0.256 e. The van der Waals surface area contributed by atoms with Gasteiger partial charge in [-0.05, 0) is 24.2 Å². The summed E-state index contributed by atoms with van der Waals surface area (Å²) in [5, 5.41) is 12.8. The summed E-state index contributed by atoms with van der Waals surface area (Å²) in [7, 11) is -0.588. The van der Waals surface area contributed by atoms with Gasteiger partial charge in [0.25, 0.3) is 5.91 Å². The standard InChI is InChI=1S/C19H28N2O5Si/c1-19(2,3)27(5,6)26-11-7-14-17(23)20-13-9-15(22)16(25-4)8-12(13)18(24)21(14)10-11/h8-9,11,14,22H,7,10H2,1-6H3,(H,20,23). The summed E-state index contributed by atoms with van der Waals surface area (Å²) in [6, 6.07) is 2.25. The van der Waals surface area contributed by atoms with Crippen molar-refractivity contribution >= 4 is 25.8 Å². The first kappa shape index (κ1) is 19.7. The largest absolute Gasteiger partial charge is 0.504 e. The van der Waals surface area contributed by atoms with Crippen LogP contribution in [0.25, 0.3) is 0 Å². The molecule has 0 radical (unpaired) electrons. The molecule has 3 rings (SSSR count). The molecule has 2 aliphatic rings. The van der Waals surface area contributed by atoms with Gasteiger partial charge in [0.15, 0.2) is 19.8 Å². The van der Waals surface area contributed by atoms with Crippen LogP contribution in [-0.2, 0) is 9.22 Å². The normalized spacial score (nSPS) is 22.8. The Hall–Kier alpha value is -2.06. The Labute approximate surface area is 160 Å². The third kappa shape index (κ3) is 3.43. The van der Waals surface area contributed by atoms with E-state index in [4.69, 9.17) is 9.16 Å². The summed E-state index contributed by atoms with van der Waals surface area (Å²) < 4.78 is 11.6. The van der Waals surface area contributed by atoms with Crippen LogP contribution in [0.1, 0.15) is 37.6 Å². The van der Waals surface area contributed by atoms with E-state index in [0.29, 0.717) is 24.2 Å². The molecule has 8 heteroatoms. The predicted octanol–water partition coefficient (Wildman–Crippen LogP) is 2.96. The zero-order valence-corrected chi connectivity index (χ0v) is 17.8. The number of hydrogen-bond acceptors (Lipinski definition) is 5. The van der Waals surface area contributed by atoms with E-state index in [1.165, 1.54) is 19.2 Å². The summed E-state index contributed by atoms with van der Waals surface area (Å²) in [5.41, 5.74) is 0.619. The third-order valence-electron chi connectivity index (χ3n) is 5.90. The van der Waals surface area contributed by atoms with E-state index in [-0.39, 0.29) is 34.5 Å². The summed E-state index contributed by atoms with van der Waals surface area (Å²) in [4.78, 5) is 27.4. The highest BCUT2D eigenvalue weighted by Crippen LogP contribution is 2.40. The van der Waals surface area contributed by atoms with E-state index < -0.39 is 14.4 Å². The van der Waals surface area contributed by atoms with Gasteiger partial charge in [-0.15, -0.1) is 0 Å². The summed E-state index contributed by atoms with van der Waals surface area (Å²) >= 11 is 0. The van der Waals surface area contributed by atoms with Crippen molar-refractivity contribution in [2.75, 3.05) is 19.0 Å². The monoisotopic (exact) mass is 392 g/mol. The van der Waals surface area contributed by atoms with Gasteiger partial charge in [0.05, 0.1) is 24.5 Å². The number of benzene rings is 1. The molecule has 0 spiro atoms. The van der Waals surface area contributed by atoms with E-state index in [2.05, 4.69) is 39.2 Å². The van der Waals surface area contributed by atoms with Gasteiger partial charge in [-0.25, -0.2) is 0 Å². The maximum absolute atomic E-state index is 13.1. The number of methoxy groups -OCH3 is 1. The highest BCUT2D eigenvalue weighted by atomic mass is 28.4. The van der Waals surface area contributed by atoms with Gasteiger partial charge in [-0.3, -0.25) is 9.59 Å². The van der Waals surface area contributed by atoms with Crippen molar-refractivity contribution in [2.45, 2.75) is 57.5 Å². The molecule has 2 atom stereocenters. The number of amides is 2. The zero-order valence-electron chi connectivity index (χ0n) is 16.8.